The van der Waals surface area contributed by atoms with Crippen LogP contribution >= 0.6 is 27.3 Å². The van der Waals surface area contributed by atoms with Crippen molar-refractivity contribution in [2.45, 2.75) is 6.54 Å². The predicted octanol–water partition coefficient (Wildman–Crippen LogP) is 3.73. The molecular weight excluding hydrogens is 378 g/mol. The van der Waals surface area contributed by atoms with E-state index in [0.29, 0.717) is 6.54 Å². The highest BCUT2D eigenvalue weighted by molar-refractivity contribution is 9.11. The van der Waals surface area contributed by atoms with Crippen LogP contribution < -0.4 is 0 Å². The van der Waals surface area contributed by atoms with Crippen molar-refractivity contribution in [1.82, 2.24) is 4.90 Å². The van der Waals surface area contributed by atoms with Crippen LogP contribution in [-0.2, 0) is 20.9 Å². The molecule has 1 aromatic heterocycles. The fraction of sp³-hybridized carbons (Fsp3) is 0.176. The third kappa shape index (κ3) is 6.00. The molecule has 0 atom stereocenters. The quantitative estimate of drug-likeness (QED) is 0.554. The molecule has 0 bridgehead atoms. The number of carbonyl (C=O) groups excluding carboxylic acids is 2. The molecule has 0 fully saturated rings. The van der Waals surface area contributed by atoms with Gasteiger partial charge in [-0.05, 0) is 39.7 Å². The molecule has 0 unspecified atom stereocenters. The minimum atomic E-state index is -0.531. The van der Waals surface area contributed by atoms with Gasteiger partial charge in [0.25, 0.3) is 5.91 Å². The molecule has 2 aromatic rings. The van der Waals surface area contributed by atoms with Crippen LogP contribution in [0.25, 0.3) is 6.08 Å². The number of amides is 1. The monoisotopic (exact) mass is 393 g/mol. The van der Waals surface area contributed by atoms with Gasteiger partial charge in [-0.3, -0.25) is 4.79 Å². The van der Waals surface area contributed by atoms with E-state index in [2.05, 4.69) is 15.9 Å². The van der Waals surface area contributed by atoms with Crippen LogP contribution in [0.2, 0.25) is 0 Å². The lowest BCUT2D eigenvalue weighted by Gasteiger charge is -2.16. The SMILES string of the molecule is CN(Cc1ccccc1)C(=O)COC(=O)/C=C/c1ccc(Br)s1. The van der Waals surface area contributed by atoms with Gasteiger partial charge >= 0.3 is 5.97 Å². The number of thiophene rings is 1. The summed E-state index contributed by atoms with van der Waals surface area (Å²) < 4.78 is 5.96. The Kier molecular flexibility index (Phi) is 6.55. The van der Waals surface area contributed by atoms with E-state index in [9.17, 15) is 9.59 Å². The van der Waals surface area contributed by atoms with Crippen molar-refractivity contribution in [3.05, 3.63) is 62.8 Å². The largest absolute Gasteiger partial charge is 0.452 e. The van der Waals surface area contributed by atoms with Crippen molar-refractivity contribution < 1.29 is 14.3 Å². The van der Waals surface area contributed by atoms with Gasteiger partial charge in [0, 0.05) is 24.5 Å². The van der Waals surface area contributed by atoms with E-state index in [1.165, 1.54) is 22.3 Å². The van der Waals surface area contributed by atoms with Crippen molar-refractivity contribution >= 4 is 45.2 Å². The first-order valence-corrected chi connectivity index (χ1v) is 8.53. The fourth-order valence-electron chi connectivity index (χ4n) is 1.80. The second-order valence-electron chi connectivity index (χ2n) is 4.82. The van der Waals surface area contributed by atoms with Crippen molar-refractivity contribution in [2.75, 3.05) is 13.7 Å². The van der Waals surface area contributed by atoms with E-state index in [-0.39, 0.29) is 12.5 Å². The molecule has 0 saturated carbocycles. The van der Waals surface area contributed by atoms with E-state index >= 15 is 0 Å². The zero-order valence-corrected chi connectivity index (χ0v) is 15.0. The van der Waals surface area contributed by atoms with E-state index in [4.69, 9.17) is 4.74 Å². The molecule has 1 amide bonds. The summed E-state index contributed by atoms with van der Waals surface area (Å²) in [5, 5.41) is 0. The summed E-state index contributed by atoms with van der Waals surface area (Å²) in [6.45, 7) is 0.219. The Labute approximate surface area is 147 Å². The second-order valence-corrected chi connectivity index (χ2v) is 7.31. The molecule has 0 N–H and O–H groups in total. The van der Waals surface area contributed by atoms with Gasteiger partial charge in [-0.2, -0.15) is 0 Å². The fourth-order valence-corrected chi connectivity index (χ4v) is 3.13. The highest BCUT2D eigenvalue weighted by atomic mass is 79.9. The number of hydrogen-bond donors (Lipinski definition) is 0. The lowest BCUT2D eigenvalue weighted by atomic mass is 10.2. The summed E-state index contributed by atoms with van der Waals surface area (Å²) in [6, 6.07) is 13.4. The molecule has 0 aliphatic carbocycles. The summed E-state index contributed by atoms with van der Waals surface area (Å²) in [7, 11) is 1.68. The molecule has 0 spiro atoms. The Hall–Kier alpha value is -1.92. The number of esters is 1. The maximum atomic E-state index is 11.9. The van der Waals surface area contributed by atoms with Gasteiger partial charge in [0.05, 0.1) is 3.79 Å². The summed E-state index contributed by atoms with van der Waals surface area (Å²) >= 11 is 4.86. The van der Waals surface area contributed by atoms with E-state index < -0.39 is 5.97 Å². The van der Waals surface area contributed by atoms with Crippen molar-refractivity contribution in [1.29, 1.82) is 0 Å². The number of hydrogen-bond acceptors (Lipinski definition) is 4. The molecule has 0 aliphatic heterocycles. The van der Waals surface area contributed by atoms with Gasteiger partial charge in [-0.1, -0.05) is 30.3 Å². The first kappa shape index (κ1) is 17.4. The normalized spacial score (nSPS) is 10.7. The van der Waals surface area contributed by atoms with Gasteiger partial charge in [-0.15, -0.1) is 11.3 Å². The molecule has 0 radical (unpaired) electrons. The van der Waals surface area contributed by atoms with Gasteiger partial charge in [0.2, 0.25) is 0 Å². The van der Waals surface area contributed by atoms with Crippen molar-refractivity contribution in [3.8, 4) is 0 Å². The average Bonchev–Trinajstić information content (AvgIpc) is 2.97. The standard InChI is InChI=1S/C17H16BrNO3S/c1-19(11-13-5-3-2-4-6-13)16(20)12-22-17(21)10-8-14-7-9-15(18)23-14/h2-10H,11-12H2,1H3/b10-8+. The summed E-state index contributed by atoms with van der Waals surface area (Å²) in [6.07, 6.45) is 2.98. The second kappa shape index (κ2) is 8.64. The maximum Gasteiger partial charge on any atom is 0.331 e. The maximum absolute atomic E-state index is 11.9. The van der Waals surface area contributed by atoms with Crippen molar-refractivity contribution in [2.24, 2.45) is 0 Å². The third-order valence-corrected chi connectivity index (χ3v) is 4.59. The van der Waals surface area contributed by atoms with E-state index in [1.54, 1.807) is 13.1 Å². The Morgan fingerprint density at radius 2 is 1.96 bits per heavy atom. The lowest BCUT2D eigenvalue weighted by Crippen LogP contribution is -2.30. The molecule has 0 aliphatic rings. The number of benzene rings is 1. The van der Waals surface area contributed by atoms with Crippen molar-refractivity contribution in [3.63, 3.8) is 0 Å². The molecule has 2 rings (SSSR count). The summed E-state index contributed by atoms with van der Waals surface area (Å²) in [4.78, 5) is 26.0. The summed E-state index contributed by atoms with van der Waals surface area (Å²) in [5.41, 5.74) is 1.03. The van der Waals surface area contributed by atoms with E-state index in [0.717, 1.165) is 14.2 Å². The topological polar surface area (TPSA) is 46.6 Å². The molecule has 23 heavy (non-hydrogen) atoms. The number of carbonyl (C=O) groups is 2. The first-order valence-electron chi connectivity index (χ1n) is 6.92. The van der Waals surface area contributed by atoms with Crippen LogP contribution in [0.3, 0.4) is 0 Å². The van der Waals surface area contributed by atoms with Crippen LogP contribution in [0.4, 0.5) is 0 Å². The lowest BCUT2D eigenvalue weighted by molar-refractivity contribution is -0.147. The number of ether oxygens (including phenoxy) is 1. The van der Waals surface area contributed by atoms with Gasteiger partial charge < -0.3 is 9.64 Å². The number of rotatable bonds is 6. The number of halogens is 1. The third-order valence-electron chi connectivity index (χ3n) is 3.00. The van der Waals surface area contributed by atoms with Crippen LogP contribution in [0, 0.1) is 0 Å². The zero-order valence-electron chi connectivity index (χ0n) is 12.6. The van der Waals surface area contributed by atoms with Crippen LogP contribution in [0.5, 0.6) is 0 Å². The van der Waals surface area contributed by atoms with Gasteiger partial charge in [0.1, 0.15) is 0 Å². The number of likely N-dealkylation sites (N-methyl/N-ethyl adjacent to an activating group) is 1. The summed E-state index contributed by atoms with van der Waals surface area (Å²) in [5.74, 6) is -0.773. The average molecular weight is 394 g/mol. The Bertz CT molecular complexity index is 697. The Morgan fingerprint density at radius 3 is 2.61 bits per heavy atom. The molecule has 120 valence electrons. The molecule has 0 saturated heterocycles. The minimum Gasteiger partial charge on any atom is -0.452 e. The predicted molar refractivity (Wildman–Crippen MR) is 94.9 cm³/mol. The minimum absolute atomic E-state index is 0.241. The van der Waals surface area contributed by atoms with Gasteiger partial charge in [0.15, 0.2) is 6.61 Å². The highest BCUT2D eigenvalue weighted by Gasteiger charge is 2.11. The van der Waals surface area contributed by atoms with Crippen LogP contribution in [0.15, 0.2) is 52.3 Å². The molecule has 6 heteroatoms. The van der Waals surface area contributed by atoms with Gasteiger partial charge in [-0.25, -0.2) is 4.79 Å². The molecule has 1 aromatic carbocycles. The van der Waals surface area contributed by atoms with Crippen LogP contribution in [-0.4, -0.2) is 30.4 Å². The Balaban J connectivity index is 1.77. The number of nitrogens with zero attached hydrogens (tertiary/aromatic N) is 1. The molecule has 4 nitrogen and oxygen atoms in total. The Morgan fingerprint density at radius 1 is 1.22 bits per heavy atom. The smallest absolute Gasteiger partial charge is 0.331 e. The molecular formula is C17H16BrNO3S. The molecule has 1 heterocycles. The van der Waals surface area contributed by atoms with Crippen LogP contribution in [0.1, 0.15) is 10.4 Å². The highest BCUT2D eigenvalue weighted by Crippen LogP contribution is 2.22. The zero-order chi connectivity index (χ0) is 16.7. The van der Waals surface area contributed by atoms with E-state index in [1.807, 2.05) is 42.5 Å². The first-order chi connectivity index (χ1) is 11.0.